The van der Waals surface area contributed by atoms with Gasteiger partial charge < -0.3 is 10.4 Å². The molecule has 1 aromatic heterocycles. The van der Waals surface area contributed by atoms with Gasteiger partial charge in [-0.2, -0.15) is 0 Å². The minimum Gasteiger partial charge on any atom is -0.394 e. The van der Waals surface area contributed by atoms with E-state index in [-0.39, 0.29) is 24.1 Å². The van der Waals surface area contributed by atoms with Crippen LogP contribution in [-0.2, 0) is 5.41 Å². The van der Waals surface area contributed by atoms with Gasteiger partial charge in [-0.15, -0.1) is 0 Å². The number of carbonyl (C=O) groups excluding carboxylic acids is 1. The van der Waals surface area contributed by atoms with Gasteiger partial charge in [-0.25, -0.2) is 9.78 Å². The van der Waals surface area contributed by atoms with Gasteiger partial charge in [0.2, 0.25) is 0 Å². The SMILES string of the molecule is CC(C)(C)c1ccnc(N2C(=O)NCC2CO)c1. The van der Waals surface area contributed by atoms with Crippen LogP contribution in [-0.4, -0.2) is 35.3 Å². The maximum Gasteiger partial charge on any atom is 0.323 e. The fraction of sp³-hybridized carbons (Fsp3) is 0.538. The van der Waals surface area contributed by atoms with E-state index in [0.29, 0.717) is 12.4 Å². The molecule has 1 atom stereocenters. The molecule has 2 heterocycles. The Morgan fingerprint density at radius 1 is 1.56 bits per heavy atom. The van der Waals surface area contributed by atoms with Gasteiger partial charge in [-0.05, 0) is 23.1 Å². The summed E-state index contributed by atoms with van der Waals surface area (Å²) < 4.78 is 0. The highest BCUT2D eigenvalue weighted by Crippen LogP contribution is 2.26. The zero-order valence-electron chi connectivity index (χ0n) is 11.0. The molecule has 1 aliphatic heterocycles. The van der Waals surface area contributed by atoms with E-state index in [1.807, 2.05) is 12.1 Å². The molecule has 0 aromatic carbocycles. The predicted octanol–water partition coefficient (Wildman–Crippen LogP) is 1.27. The van der Waals surface area contributed by atoms with Gasteiger partial charge in [0.25, 0.3) is 0 Å². The van der Waals surface area contributed by atoms with Crippen molar-refractivity contribution in [2.75, 3.05) is 18.1 Å². The minimum absolute atomic E-state index is 0.00258. The van der Waals surface area contributed by atoms with Crippen LogP contribution in [0.5, 0.6) is 0 Å². The molecule has 2 amide bonds. The third-order valence-corrected chi connectivity index (χ3v) is 3.14. The number of rotatable bonds is 2. The summed E-state index contributed by atoms with van der Waals surface area (Å²) in [5.41, 5.74) is 1.12. The third-order valence-electron chi connectivity index (χ3n) is 3.14. The summed E-state index contributed by atoms with van der Waals surface area (Å²) in [6.45, 7) is 6.72. The molecular formula is C13H19N3O2. The van der Waals surface area contributed by atoms with Crippen LogP contribution in [0.25, 0.3) is 0 Å². The molecule has 0 aliphatic carbocycles. The Morgan fingerprint density at radius 3 is 2.89 bits per heavy atom. The van der Waals surface area contributed by atoms with Crippen molar-refractivity contribution in [1.29, 1.82) is 0 Å². The molecule has 0 saturated carbocycles. The normalized spacial score (nSPS) is 20.1. The van der Waals surface area contributed by atoms with Crippen LogP contribution in [0.3, 0.4) is 0 Å². The maximum atomic E-state index is 11.8. The number of anilines is 1. The lowest BCUT2D eigenvalue weighted by Crippen LogP contribution is -2.37. The highest BCUT2D eigenvalue weighted by Gasteiger charge is 2.32. The van der Waals surface area contributed by atoms with Gasteiger partial charge in [0.05, 0.1) is 12.6 Å². The first kappa shape index (κ1) is 12.8. The molecule has 2 N–H and O–H groups in total. The summed E-state index contributed by atoms with van der Waals surface area (Å²) >= 11 is 0. The Bertz CT molecular complexity index is 454. The van der Waals surface area contributed by atoms with Crippen molar-refractivity contribution in [3.63, 3.8) is 0 Å². The van der Waals surface area contributed by atoms with E-state index in [9.17, 15) is 9.90 Å². The second-order valence-corrected chi connectivity index (χ2v) is 5.55. The van der Waals surface area contributed by atoms with Crippen LogP contribution in [0.2, 0.25) is 0 Å². The number of amides is 2. The molecule has 0 radical (unpaired) electrons. The van der Waals surface area contributed by atoms with Crippen molar-refractivity contribution in [2.24, 2.45) is 0 Å². The van der Waals surface area contributed by atoms with Gasteiger partial charge in [-0.3, -0.25) is 4.90 Å². The van der Waals surface area contributed by atoms with Crippen LogP contribution in [0.15, 0.2) is 18.3 Å². The molecular weight excluding hydrogens is 230 g/mol. The van der Waals surface area contributed by atoms with E-state index in [4.69, 9.17) is 0 Å². The monoisotopic (exact) mass is 249 g/mol. The Morgan fingerprint density at radius 2 is 2.28 bits per heavy atom. The lowest BCUT2D eigenvalue weighted by molar-refractivity contribution is 0.247. The minimum atomic E-state index is -0.236. The molecule has 0 bridgehead atoms. The number of nitrogens with one attached hydrogen (secondary N) is 1. The summed E-state index contributed by atoms with van der Waals surface area (Å²) in [6.07, 6.45) is 1.70. The summed E-state index contributed by atoms with van der Waals surface area (Å²) in [4.78, 5) is 17.5. The number of urea groups is 1. The molecule has 1 fully saturated rings. The van der Waals surface area contributed by atoms with Gasteiger partial charge in [0, 0.05) is 12.7 Å². The molecule has 98 valence electrons. The molecule has 1 unspecified atom stereocenters. The van der Waals surface area contributed by atoms with Crippen LogP contribution in [0.4, 0.5) is 10.6 Å². The molecule has 18 heavy (non-hydrogen) atoms. The highest BCUT2D eigenvalue weighted by molar-refractivity contribution is 5.94. The second-order valence-electron chi connectivity index (χ2n) is 5.55. The van der Waals surface area contributed by atoms with Crippen LogP contribution >= 0.6 is 0 Å². The van der Waals surface area contributed by atoms with E-state index >= 15 is 0 Å². The average Bonchev–Trinajstić information content (AvgIpc) is 2.69. The largest absolute Gasteiger partial charge is 0.394 e. The first-order valence-corrected chi connectivity index (χ1v) is 6.08. The zero-order chi connectivity index (χ0) is 13.3. The number of hydrogen-bond acceptors (Lipinski definition) is 3. The van der Waals surface area contributed by atoms with E-state index in [0.717, 1.165) is 5.56 Å². The average molecular weight is 249 g/mol. The second kappa shape index (κ2) is 4.57. The number of aliphatic hydroxyl groups excluding tert-OH is 1. The fourth-order valence-corrected chi connectivity index (χ4v) is 2.00. The molecule has 5 heteroatoms. The number of nitrogens with zero attached hydrogens (tertiary/aromatic N) is 2. The lowest BCUT2D eigenvalue weighted by atomic mass is 9.88. The molecule has 5 nitrogen and oxygen atoms in total. The van der Waals surface area contributed by atoms with Crippen molar-refractivity contribution in [3.8, 4) is 0 Å². The number of aromatic nitrogens is 1. The highest BCUT2D eigenvalue weighted by atomic mass is 16.3. The van der Waals surface area contributed by atoms with E-state index in [1.54, 1.807) is 6.20 Å². The first-order chi connectivity index (χ1) is 8.43. The van der Waals surface area contributed by atoms with Crippen molar-refractivity contribution < 1.29 is 9.90 Å². The zero-order valence-corrected chi connectivity index (χ0v) is 11.0. The van der Waals surface area contributed by atoms with Gasteiger partial charge in [0.15, 0.2) is 0 Å². The van der Waals surface area contributed by atoms with Crippen LogP contribution in [0.1, 0.15) is 26.3 Å². The number of carbonyl (C=O) groups is 1. The van der Waals surface area contributed by atoms with Gasteiger partial charge in [0.1, 0.15) is 5.82 Å². The molecule has 0 spiro atoms. The summed E-state index contributed by atoms with van der Waals surface area (Å²) in [5.74, 6) is 0.594. The fourth-order valence-electron chi connectivity index (χ4n) is 2.00. The van der Waals surface area contributed by atoms with Gasteiger partial charge >= 0.3 is 6.03 Å². The van der Waals surface area contributed by atoms with Gasteiger partial charge in [-0.1, -0.05) is 20.8 Å². The standard InChI is InChI=1S/C13H19N3O2/c1-13(2,3)9-4-5-14-11(6-9)16-10(8-17)7-15-12(16)18/h4-6,10,17H,7-8H2,1-3H3,(H,15,18). The summed E-state index contributed by atoms with van der Waals surface area (Å²) in [7, 11) is 0. The number of aliphatic hydroxyl groups is 1. The van der Waals surface area contributed by atoms with Crippen LogP contribution < -0.4 is 10.2 Å². The number of pyridine rings is 1. The predicted molar refractivity (Wildman–Crippen MR) is 69.7 cm³/mol. The smallest absolute Gasteiger partial charge is 0.323 e. The quantitative estimate of drug-likeness (QED) is 0.829. The molecule has 1 aliphatic rings. The first-order valence-electron chi connectivity index (χ1n) is 6.08. The Hall–Kier alpha value is -1.62. The van der Waals surface area contributed by atoms with Crippen molar-refractivity contribution in [1.82, 2.24) is 10.3 Å². The maximum absolute atomic E-state index is 11.8. The van der Waals surface area contributed by atoms with E-state index in [2.05, 4.69) is 31.1 Å². The molecule has 2 rings (SSSR count). The van der Waals surface area contributed by atoms with E-state index in [1.165, 1.54) is 4.90 Å². The topological polar surface area (TPSA) is 65.5 Å². The Kier molecular flexibility index (Phi) is 3.26. The lowest BCUT2D eigenvalue weighted by Gasteiger charge is -2.24. The molecule has 1 saturated heterocycles. The van der Waals surface area contributed by atoms with Crippen molar-refractivity contribution >= 4 is 11.8 Å². The number of hydrogen-bond donors (Lipinski definition) is 2. The van der Waals surface area contributed by atoms with Crippen molar-refractivity contribution in [3.05, 3.63) is 23.9 Å². The third kappa shape index (κ3) is 2.31. The summed E-state index contributed by atoms with van der Waals surface area (Å²) in [6, 6.07) is 3.42. The molecule has 1 aromatic rings. The van der Waals surface area contributed by atoms with E-state index < -0.39 is 0 Å². The van der Waals surface area contributed by atoms with Crippen molar-refractivity contribution in [2.45, 2.75) is 32.2 Å². The van der Waals surface area contributed by atoms with Crippen LogP contribution in [0, 0.1) is 0 Å². The Balaban J connectivity index is 2.36. The summed E-state index contributed by atoms with van der Waals surface area (Å²) in [5, 5.41) is 12.0. The Labute approximate surface area is 107 Å².